The summed E-state index contributed by atoms with van der Waals surface area (Å²) in [5.41, 5.74) is 3.83. The third kappa shape index (κ3) is 1.43. The predicted molar refractivity (Wildman–Crippen MR) is 66.7 cm³/mol. The number of allylic oxidation sites excluding steroid dienone is 2. The fourth-order valence-corrected chi connectivity index (χ4v) is 3.46. The Labute approximate surface area is 106 Å². The number of fused-ring (bicyclic) bond motifs is 3. The van der Waals surface area contributed by atoms with Crippen molar-refractivity contribution in [3.63, 3.8) is 0 Å². The normalized spacial score (nSPS) is 34.7. The molecule has 0 amide bonds. The topological polar surface area (TPSA) is 43.4 Å². The Morgan fingerprint density at radius 1 is 1.50 bits per heavy atom. The number of aldehydes is 1. The van der Waals surface area contributed by atoms with Crippen molar-refractivity contribution in [3.05, 3.63) is 34.9 Å². The van der Waals surface area contributed by atoms with Gasteiger partial charge in [0.05, 0.1) is 0 Å². The van der Waals surface area contributed by atoms with Gasteiger partial charge in [0.2, 0.25) is 0 Å². The van der Waals surface area contributed by atoms with Crippen molar-refractivity contribution >= 4 is 12.3 Å². The van der Waals surface area contributed by atoms with E-state index in [4.69, 9.17) is 4.74 Å². The minimum absolute atomic E-state index is 0.0661. The molecule has 1 heterocycles. The minimum Gasteiger partial charge on any atom is -0.457 e. The molecule has 1 saturated heterocycles. The zero-order valence-electron chi connectivity index (χ0n) is 10.4. The van der Waals surface area contributed by atoms with Gasteiger partial charge in [-0.1, -0.05) is 18.2 Å². The molecule has 3 nitrogen and oxygen atoms in total. The lowest BCUT2D eigenvalue weighted by molar-refractivity contribution is -0.140. The summed E-state index contributed by atoms with van der Waals surface area (Å²) in [4.78, 5) is 22.9. The third-order valence-electron chi connectivity index (χ3n) is 4.47. The number of carbonyl (C=O) groups excluding carboxylic acids is 2. The molecule has 0 saturated carbocycles. The van der Waals surface area contributed by atoms with Crippen LogP contribution in [-0.4, -0.2) is 18.4 Å². The van der Waals surface area contributed by atoms with Crippen molar-refractivity contribution in [2.75, 3.05) is 0 Å². The van der Waals surface area contributed by atoms with Gasteiger partial charge < -0.3 is 4.74 Å². The Bertz CT molecular complexity index is 510. The molecule has 0 spiro atoms. The van der Waals surface area contributed by atoms with Gasteiger partial charge in [0.15, 0.2) is 0 Å². The molecule has 0 radical (unpaired) electrons. The summed E-state index contributed by atoms with van der Waals surface area (Å²) in [6, 6.07) is 0. The molecule has 18 heavy (non-hydrogen) atoms. The molecule has 0 bridgehead atoms. The van der Waals surface area contributed by atoms with E-state index in [2.05, 4.69) is 19.6 Å². The number of hydrogen-bond acceptors (Lipinski definition) is 3. The molecule has 1 fully saturated rings. The number of carbonyl (C=O) groups is 2. The molecular weight excluding hydrogens is 228 g/mol. The van der Waals surface area contributed by atoms with E-state index in [1.165, 1.54) is 5.57 Å². The van der Waals surface area contributed by atoms with Crippen molar-refractivity contribution in [1.82, 2.24) is 0 Å². The van der Waals surface area contributed by atoms with Gasteiger partial charge in [-0.25, -0.2) is 4.79 Å². The first-order chi connectivity index (χ1) is 8.63. The minimum atomic E-state index is -0.265. The lowest BCUT2D eigenvalue weighted by Gasteiger charge is -2.24. The first-order valence-corrected chi connectivity index (χ1v) is 6.37. The maximum Gasteiger partial charge on any atom is 0.334 e. The van der Waals surface area contributed by atoms with Crippen LogP contribution in [0.5, 0.6) is 0 Å². The first-order valence-electron chi connectivity index (χ1n) is 6.37. The van der Waals surface area contributed by atoms with Gasteiger partial charge >= 0.3 is 5.97 Å². The van der Waals surface area contributed by atoms with Crippen LogP contribution in [0.4, 0.5) is 0 Å². The Kier molecular flexibility index (Phi) is 2.51. The van der Waals surface area contributed by atoms with E-state index >= 15 is 0 Å². The molecule has 3 atom stereocenters. The molecule has 94 valence electrons. The van der Waals surface area contributed by atoms with Crippen LogP contribution in [0.1, 0.15) is 26.2 Å². The average molecular weight is 244 g/mol. The standard InChI is InChI=1S/C15H16O3/c1-8-3-5-12-10(7-16)4-6-11-9(2)15(17)18-14(11)13(8)12/h3,7,11,13-14H,2,4-6H2,1H3/t11-,13-,14-/m0/s1. The van der Waals surface area contributed by atoms with E-state index in [-0.39, 0.29) is 23.9 Å². The van der Waals surface area contributed by atoms with Gasteiger partial charge in [-0.15, -0.1) is 0 Å². The van der Waals surface area contributed by atoms with Crippen LogP contribution in [0.25, 0.3) is 0 Å². The van der Waals surface area contributed by atoms with Gasteiger partial charge in [0.25, 0.3) is 0 Å². The van der Waals surface area contributed by atoms with Crippen LogP contribution in [-0.2, 0) is 14.3 Å². The van der Waals surface area contributed by atoms with E-state index in [0.717, 1.165) is 36.7 Å². The van der Waals surface area contributed by atoms with Gasteiger partial charge in [0.1, 0.15) is 12.4 Å². The van der Waals surface area contributed by atoms with Crippen LogP contribution in [0.2, 0.25) is 0 Å². The number of rotatable bonds is 1. The predicted octanol–water partition coefficient (Wildman–Crippen LogP) is 2.34. The summed E-state index contributed by atoms with van der Waals surface area (Å²) in [5, 5.41) is 0. The Balaban J connectivity index is 2.06. The molecule has 3 heteroatoms. The van der Waals surface area contributed by atoms with Crippen LogP contribution in [0, 0.1) is 11.8 Å². The Morgan fingerprint density at radius 2 is 2.28 bits per heavy atom. The fourth-order valence-electron chi connectivity index (χ4n) is 3.46. The highest BCUT2D eigenvalue weighted by molar-refractivity contribution is 5.91. The average Bonchev–Trinajstić information content (AvgIpc) is 2.79. The first kappa shape index (κ1) is 11.5. The van der Waals surface area contributed by atoms with Crippen LogP contribution >= 0.6 is 0 Å². The van der Waals surface area contributed by atoms with Crippen molar-refractivity contribution in [2.45, 2.75) is 32.3 Å². The highest BCUT2D eigenvalue weighted by Crippen LogP contribution is 2.47. The highest BCUT2D eigenvalue weighted by Gasteiger charge is 2.47. The van der Waals surface area contributed by atoms with E-state index in [1.807, 2.05) is 0 Å². The summed E-state index contributed by atoms with van der Waals surface area (Å²) in [7, 11) is 0. The van der Waals surface area contributed by atoms with Crippen LogP contribution in [0.15, 0.2) is 34.9 Å². The van der Waals surface area contributed by atoms with Crippen LogP contribution < -0.4 is 0 Å². The number of hydrogen-bond donors (Lipinski definition) is 0. The zero-order chi connectivity index (χ0) is 12.9. The second kappa shape index (κ2) is 3.94. The van der Waals surface area contributed by atoms with Gasteiger partial charge in [-0.2, -0.15) is 0 Å². The maximum absolute atomic E-state index is 11.7. The van der Waals surface area contributed by atoms with Crippen molar-refractivity contribution < 1.29 is 14.3 Å². The van der Waals surface area contributed by atoms with Gasteiger partial charge in [-0.3, -0.25) is 4.79 Å². The summed E-state index contributed by atoms with van der Waals surface area (Å²) < 4.78 is 5.51. The summed E-state index contributed by atoms with van der Waals surface area (Å²) >= 11 is 0. The number of ether oxygens (including phenoxy) is 1. The lowest BCUT2D eigenvalue weighted by atomic mass is 9.83. The Hall–Kier alpha value is -1.64. The molecular formula is C15H16O3. The zero-order valence-corrected chi connectivity index (χ0v) is 10.4. The van der Waals surface area contributed by atoms with Crippen LogP contribution in [0.3, 0.4) is 0 Å². The maximum atomic E-state index is 11.7. The largest absolute Gasteiger partial charge is 0.457 e. The summed E-state index contributed by atoms with van der Waals surface area (Å²) in [6.45, 7) is 5.90. The third-order valence-corrected chi connectivity index (χ3v) is 4.47. The van der Waals surface area contributed by atoms with Crippen molar-refractivity contribution in [1.29, 1.82) is 0 Å². The summed E-state index contributed by atoms with van der Waals surface area (Å²) in [5.74, 6) is -0.101. The molecule has 0 aromatic rings. The van der Waals surface area contributed by atoms with E-state index < -0.39 is 0 Å². The van der Waals surface area contributed by atoms with Crippen molar-refractivity contribution in [3.8, 4) is 0 Å². The monoisotopic (exact) mass is 244 g/mol. The second-order valence-electron chi connectivity index (χ2n) is 5.34. The molecule has 0 aromatic heterocycles. The molecule has 0 aromatic carbocycles. The molecule has 2 aliphatic carbocycles. The summed E-state index contributed by atoms with van der Waals surface area (Å²) in [6.07, 6.45) is 5.30. The van der Waals surface area contributed by atoms with E-state index in [1.54, 1.807) is 0 Å². The Morgan fingerprint density at radius 3 is 3.00 bits per heavy atom. The smallest absolute Gasteiger partial charge is 0.334 e. The fraction of sp³-hybridized carbons (Fsp3) is 0.467. The lowest BCUT2D eigenvalue weighted by Crippen LogP contribution is -2.26. The molecule has 3 aliphatic rings. The molecule has 3 rings (SSSR count). The molecule has 1 aliphatic heterocycles. The molecule has 0 N–H and O–H groups in total. The quantitative estimate of drug-likeness (QED) is 0.308. The highest BCUT2D eigenvalue weighted by atomic mass is 16.6. The van der Waals surface area contributed by atoms with E-state index in [0.29, 0.717) is 5.57 Å². The second-order valence-corrected chi connectivity index (χ2v) is 5.34. The van der Waals surface area contributed by atoms with E-state index in [9.17, 15) is 9.59 Å². The molecule has 0 unspecified atom stereocenters. The SMILES string of the molecule is C=C1C(=O)O[C@@H]2[C@H]3C(C)=CCC3=C(C=O)CC[C@@H]12. The number of esters is 1. The van der Waals surface area contributed by atoms with Gasteiger partial charge in [0, 0.05) is 17.4 Å². The van der Waals surface area contributed by atoms with Crippen molar-refractivity contribution in [2.24, 2.45) is 11.8 Å². The van der Waals surface area contributed by atoms with Gasteiger partial charge in [-0.05, 0) is 37.3 Å².